The lowest BCUT2D eigenvalue weighted by Gasteiger charge is -2.23. The van der Waals surface area contributed by atoms with Crippen LogP contribution in [0.15, 0.2) is 35.3 Å². The highest BCUT2D eigenvalue weighted by molar-refractivity contribution is 14.0. The Morgan fingerprint density at radius 2 is 1.81 bits per heavy atom. The second-order valence-electron chi connectivity index (χ2n) is 7.00. The van der Waals surface area contributed by atoms with Crippen LogP contribution in [0.5, 0.6) is 0 Å². The summed E-state index contributed by atoms with van der Waals surface area (Å²) in [6, 6.07) is 10.4. The maximum absolute atomic E-state index is 11.8. The first kappa shape index (κ1) is 22.7. The molecule has 2 N–H and O–H groups in total. The average Bonchev–Trinajstić information content (AvgIpc) is 2.64. The normalized spacial score (nSPS) is 15.1. The molecule has 2 rings (SSSR count). The number of halogens is 1. The average molecular weight is 472 g/mol. The Hall–Kier alpha value is -1.31. The lowest BCUT2D eigenvalue weighted by atomic mass is 9.89. The Kier molecular flexibility index (Phi) is 11.3. The van der Waals surface area contributed by atoms with Crippen molar-refractivity contribution in [3.63, 3.8) is 0 Å². The summed E-state index contributed by atoms with van der Waals surface area (Å²) < 4.78 is 0. The first-order chi connectivity index (χ1) is 12.1. The third-order valence-electron chi connectivity index (χ3n) is 4.70. The molecule has 1 aromatic rings. The summed E-state index contributed by atoms with van der Waals surface area (Å²) in [5, 5.41) is 6.81. The van der Waals surface area contributed by atoms with E-state index >= 15 is 0 Å². The number of hydrogen-bond donors (Lipinski definition) is 2. The van der Waals surface area contributed by atoms with Crippen molar-refractivity contribution in [1.29, 1.82) is 0 Å². The van der Waals surface area contributed by atoms with Crippen LogP contribution in [0.25, 0.3) is 0 Å². The number of carbonyl (C=O) groups is 1. The fourth-order valence-electron chi connectivity index (χ4n) is 3.06. The summed E-state index contributed by atoms with van der Waals surface area (Å²) >= 11 is 0. The van der Waals surface area contributed by atoms with Crippen molar-refractivity contribution in [2.24, 2.45) is 10.9 Å². The Labute approximate surface area is 175 Å². The summed E-state index contributed by atoms with van der Waals surface area (Å²) in [5.41, 5.74) is 1.30. The monoisotopic (exact) mass is 472 g/mol. The van der Waals surface area contributed by atoms with Gasteiger partial charge in [0.05, 0.1) is 0 Å². The summed E-state index contributed by atoms with van der Waals surface area (Å²) in [5.74, 6) is 1.48. The van der Waals surface area contributed by atoms with Crippen molar-refractivity contribution in [2.45, 2.75) is 38.5 Å². The highest BCUT2D eigenvalue weighted by atomic mass is 127. The molecule has 0 aliphatic heterocycles. The Bertz CT molecular complexity index is 542. The number of aliphatic imine (C=N–C) groups is 1. The SMILES string of the molecule is CN(C)C(=O)CN=C(NCCc1ccccc1)NCC1CCCCC1.I. The topological polar surface area (TPSA) is 56.7 Å². The van der Waals surface area contributed by atoms with E-state index in [9.17, 15) is 4.79 Å². The maximum atomic E-state index is 11.8. The predicted molar refractivity (Wildman–Crippen MR) is 119 cm³/mol. The molecule has 0 spiro atoms. The fraction of sp³-hybridized carbons (Fsp3) is 0.600. The summed E-state index contributed by atoms with van der Waals surface area (Å²) in [6.07, 6.45) is 7.55. The zero-order valence-electron chi connectivity index (χ0n) is 16.0. The highest BCUT2D eigenvalue weighted by Crippen LogP contribution is 2.22. The van der Waals surface area contributed by atoms with E-state index in [4.69, 9.17) is 0 Å². The number of rotatable bonds is 7. The van der Waals surface area contributed by atoms with Gasteiger partial charge in [-0.15, -0.1) is 24.0 Å². The van der Waals surface area contributed by atoms with Crippen molar-refractivity contribution >= 4 is 35.8 Å². The van der Waals surface area contributed by atoms with Crippen LogP contribution < -0.4 is 10.6 Å². The molecule has 1 aliphatic carbocycles. The van der Waals surface area contributed by atoms with Crippen molar-refractivity contribution in [3.05, 3.63) is 35.9 Å². The predicted octanol–water partition coefficient (Wildman–Crippen LogP) is 3.05. The summed E-state index contributed by atoms with van der Waals surface area (Å²) in [7, 11) is 3.52. The van der Waals surface area contributed by atoms with Gasteiger partial charge < -0.3 is 15.5 Å². The van der Waals surface area contributed by atoms with Crippen LogP contribution in [-0.2, 0) is 11.2 Å². The van der Waals surface area contributed by atoms with E-state index < -0.39 is 0 Å². The lowest BCUT2D eigenvalue weighted by Crippen LogP contribution is -2.41. The summed E-state index contributed by atoms with van der Waals surface area (Å²) in [6.45, 7) is 1.92. The van der Waals surface area contributed by atoms with Gasteiger partial charge in [0, 0.05) is 27.2 Å². The largest absolute Gasteiger partial charge is 0.356 e. The van der Waals surface area contributed by atoms with Crippen molar-refractivity contribution in [3.8, 4) is 0 Å². The number of carbonyl (C=O) groups excluding carboxylic acids is 1. The highest BCUT2D eigenvalue weighted by Gasteiger charge is 2.14. The van der Waals surface area contributed by atoms with Crippen LogP contribution in [-0.4, -0.2) is 50.5 Å². The first-order valence-electron chi connectivity index (χ1n) is 9.41. The van der Waals surface area contributed by atoms with E-state index in [0.717, 1.165) is 31.4 Å². The minimum Gasteiger partial charge on any atom is -0.356 e. The molecule has 0 bridgehead atoms. The molecule has 1 saturated carbocycles. The van der Waals surface area contributed by atoms with Crippen molar-refractivity contribution in [1.82, 2.24) is 15.5 Å². The van der Waals surface area contributed by atoms with Crippen LogP contribution in [0.2, 0.25) is 0 Å². The molecule has 146 valence electrons. The molecule has 1 aliphatic rings. The van der Waals surface area contributed by atoms with Crippen LogP contribution in [0.4, 0.5) is 0 Å². The Balaban J connectivity index is 0.00000338. The van der Waals surface area contributed by atoms with E-state index in [1.165, 1.54) is 37.7 Å². The molecule has 0 aromatic heterocycles. The van der Waals surface area contributed by atoms with Crippen LogP contribution in [0.1, 0.15) is 37.7 Å². The van der Waals surface area contributed by atoms with Crippen molar-refractivity contribution in [2.75, 3.05) is 33.7 Å². The smallest absolute Gasteiger partial charge is 0.243 e. The van der Waals surface area contributed by atoms with Crippen LogP contribution in [0.3, 0.4) is 0 Å². The first-order valence-corrected chi connectivity index (χ1v) is 9.41. The Morgan fingerprint density at radius 1 is 1.12 bits per heavy atom. The molecule has 26 heavy (non-hydrogen) atoms. The van der Waals surface area contributed by atoms with Gasteiger partial charge in [-0.25, -0.2) is 4.99 Å². The molecule has 1 amide bonds. The minimum atomic E-state index is 0. The van der Waals surface area contributed by atoms with Gasteiger partial charge in [0.15, 0.2) is 5.96 Å². The maximum Gasteiger partial charge on any atom is 0.243 e. The second-order valence-corrected chi connectivity index (χ2v) is 7.00. The number of amides is 1. The van der Waals surface area contributed by atoms with Crippen LogP contribution in [0, 0.1) is 5.92 Å². The van der Waals surface area contributed by atoms with E-state index in [2.05, 4.69) is 39.9 Å². The number of hydrogen-bond acceptors (Lipinski definition) is 2. The summed E-state index contributed by atoms with van der Waals surface area (Å²) in [4.78, 5) is 17.9. The van der Waals surface area contributed by atoms with E-state index in [-0.39, 0.29) is 36.4 Å². The number of nitrogens with zero attached hydrogens (tertiary/aromatic N) is 2. The van der Waals surface area contributed by atoms with Gasteiger partial charge >= 0.3 is 0 Å². The zero-order chi connectivity index (χ0) is 17.9. The molecule has 0 radical (unpaired) electrons. The number of nitrogens with one attached hydrogen (secondary N) is 2. The van der Waals surface area contributed by atoms with Gasteiger partial charge in [-0.3, -0.25) is 4.79 Å². The molecule has 1 fully saturated rings. The van der Waals surface area contributed by atoms with Gasteiger partial charge in [0.25, 0.3) is 0 Å². The number of benzene rings is 1. The van der Waals surface area contributed by atoms with Gasteiger partial charge in [0.2, 0.25) is 5.91 Å². The van der Waals surface area contributed by atoms with Gasteiger partial charge in [-0.05, 0) is 30.7 Å². The molecule has 0 atom stereocenters. The van der Waals surface area contributed by atoms with E-state index in [0.29, 0.717) is 0 Å². The molecule has 6 heteroatoms. The molecule has 0 saturated heterocycles. The second kappa shape index (κ2) is 12.9. The third kappa shape index (κ3) is 8.87. The molecule has 1 aromatic carbocycles. The van der Waals surface area contributed by atoms with E-state index in [1.54, 1.807) is 19.0 Å². The quantitative estimate of drug-likeness (QED) is 0.365. The Morgan fingerprint density at radius 3 is 2.46 bits per heavy atom. The standard InChI is InChI=1S/C20H32N4O.HI/c1-24(2)19(25)16-23-20(22-15-18-11-7-4-8-12-18)21-14-13-17-9-5-3-6-10-17;/h3,5-6,9-10,18H,4,7-8,11-16H2,1-2H3,(H2,21,22,23);1H. The van der Waals surface area contributed by atoms with Crippen molar-refractivity contribution < 1.29 is 4.79 Å². The molecule has 0 heterocycles. The van der Waals surface area contributed by atoms with Gasteiger partial charge in [-0.2, -0.15) is 0 Å². The third-order valence-corrected chi connectivity index (χ3v) is 4.70. The fourth-order valence-corrected chi connectivity index (χ4v) is 3.06. The number of likely N-dealkylation sites (N-methyl/N-ethyl adjacent to an activating group) is 1. The minimum absolute atomic E-state index is 0. The van der Waals surface area contributed by atoms with E-state index in [1.807, 2.05) is 6.07 Å². The van der Waals surface area contributed by atoms with Gasteiger partial charge in [0.1, 0.15) is 6.54 Å². The molecular formula is C20H33IN4O. The lowest BCUT2D eigenvalue weighted by molar-refractivity contribution is -0.127. The van der Waals surface area contributed by atoms with Crippen LogP contribution >= 0.6 is 24.0 Å². The van der Waals surface area contributed by atoms with Gasteiger partial charge in [-0.1, -0.05) is 49.6 Å². The molecular weight excluding hydrogens is 439 g/mol. The molecule has 5 nitrogen and oxygen atoms in total. The number of guanidine groups is 1. The molecule has 0 unspecified atom stereocenters. The zero-order valence-corrected chi connectivity index (χ0v) is 18.4.